The fourth-order valence-corrected chi connectivity index (χ4v) is 2.59. The number of ether oxygens (including phenoxy) is 1. The largest absolute Gasteiger partial charge is 0.444 e. The second kappa shape index (κ2) is 7.57. The first-order valence-corrected chi connectivity index (χ1v) is 8.28. The molecule has 24 heavy (non-hydrogen) atoms. The number of carbonyl (C=O) groups excluding carboxylic acids is 1. The van der Waals surface area contributed by atoms with Crippen LogP contribution in [-0.4, -0.2) is 35.0 Å². The lowest BCUT2D eigenvalue weighted by Crippen LogP contribution is -2.41. The maximum Gasteiger partial charge on any atom is 0.407 e. The van der Waals surface area contributed by atoms with Crippen molar-refractivity contribution in [3.8, 4) is 0 Å². The van der Waals surface area contributed by atoms with Gasteiger partial charge in [-0.15, -0.1) is 0 Å². The molecule has 0 fully saturated rings. The van der Waals surface area contributed by atoms with E-state index in [1.807, 2.05) is 63.3 Å². The first-order valence-electron chi connectivity index (χ1n) is 7.87. The van der Waals surface area contributed by atoms with Gasteiger partial charge in [-0.2, -0.15) is 0 Å². The minimum absolute atomic E-state index is 0.410. The molecule has 6 heteroatoms. The predicted octanol–water partition coefficient (Wildman–Crippen LogP) is 3.72. The number of para-hydroxylation sites is 1. The number of carbonyl (C=O) groups is 1. The number of nitrogens with zero attached hydrogens (tertiary/aromatic N) is 1. The van der Waals surface area contributed by atoms with E-state index < -0.39 is 17.2 Å². The molecule has 128 valence electrons. The van der Waals surface area contributed by atoms with E-state index in [1.54, 1.807) is 6.21 Å². The van der Waals surface area contributed by atoms with Gasteiger partial charge in [-0.05, 0) is 45.1 Å². The van der Waals surface area contributed by atoms with Gasteiger partial charge in [-0.3, -0.25) is 4.99 Å². The van der Waals surface area contributed by atoms with Crippen LogP contribution in [0, 0.1) is 0 Å². The van der Waals surface area contributed by atoms with Crippen LogP contribution in [0.1, 0.15) is 27.2 Å². The van der Waals surface area contributed by atoms with Gasteiger partial charge in [-0.1, -0.05) is 30.4 Å². The molecule has 0 aromatic heterocycles. The Labute approximate surface area is 148 Å². The van der Waals surface area contributed by atoms with E-state index in [0.717, 1.165) is 5.69 Å². The Hall–Kier alpha value is -2.21. The lowest BCUT2D eigenvalue weighted by atomic mass is 9.96. The first kappa shape index (κ1) is 18.1. The van der Waals surface area contributed by atoms with Crippen LogP contribution >= 0.6 is 12.2 Å². The van der Waals surface area contributed by atoms with Gasteiger partial charge in [0.1, 0.15) is 16.1 Å². The molecule has 1 aliphatic rings. The molecule has 1 heterocycles. The third kappa shape index (κ3) is 5.16. The minimum atomic E-state index is -0.639. The van der Waals surface area contributed by atoms with Crippen molar-refractivity contribution in [1.29, 1.82) is 0 Å². The molecule has 1 amide bonds. The molecule has 1 aliphatic heterocycles. The van der Waals surface area contributed by atoms with Crippen LogP contribution in [0.3, 0.4) is 0 Å². The van der Waals surface area contributed by atoms with Gasteiger partial charge in [0.2, 0.25) is 0 Å². The van der Waals surface area contributed by atoms with E-state index in [0.29, 0.717) is 18.0 Å². The molecule has 0 spiro atoms. The standard InChI is InChI=1S/C18H23N3O2S/c1-17(2,3)23-16(22)19-13-11-18(10-7-12-20-18)15(24)21-14-8-5-4-6-9-14/h4-10,12H,11,13H2,1-3H3,(H,19,22)(H,21,24). The second-order valence-electron chi connectivity index (χ2n) is 6.56. The molecule has 0 aliphatic carbocycles. The van der Waals surface area contributed by atoms with Crippen LogP contribution in [0.4, 0.5) is 10.5 Å². The number of alkyl carbamates (subject to hydrolysis) is 1. The van der Waals surface area contributed by atoms with Crippen molar-refractivity contribution in [2.75, 3.05) is 11.9 Å². The number of allylic oxidation sites excluding steroid dienone is 1. The van der Waals surface area contributed by atoms with Crippen LogP contribution in [0.2, 0.25) is 0 Å². The number of nitrogens with one attached hydrogen (secondary N) is 2. The average Bonchev–Trinajstić information content (AvgIpc) is 2.96. The zero-order valence-electron chi connectivity index (χ0n) is 14.2. The van der Waals surface area contributed by atoms with Gasteiger partial charge < -0.3 is 15.4 Å². The van der Waals surface area contributed by atoms with E-state index >= 15 is 0 Å². The molecule has 1 aromatic rings. The SMILES string of the molecule is CC(C)(C)OC(=O)NCCC1(C(=S)Nc2ccccc2)C=CC=N1. The third-order valence-electron chi connectivity index (χ3n) is 3.36. The van der Waals surface area contributed by atoms with E-state index in [4.69, 9.17) is 17.0 Å². The molecule has 0 saturated heterocycles. The van der Waals surface area contributed by atoms with Gasteiger partial charge >= 0.3 is 6.09 Å². The number of aliphatic imine (C=N–C) groups is 1. The zero-order valence-corrected chi connectivity index (χ0v) is 15.0. The smallest absolute Gasteiger partial charge is 0.407 e. The summed E-state index contributed by atoms with van der Waals surface area (Å²) < 4.78 is 5.24. The van der Waals surface area contributed by atoms with Crippen molar-refractivity contribution in [3.05, 3.63) is 42.5 Å². The summed E-state index contributed by atoms with van der Waals surface area (Å²) in [5.41, 5.74) is -0.241. The van der Waals surface area contributed by atoms with Gasteiger partial charge in [-0.25, -0.2) is 4.79 Å². The highest BCUT2D eigenvalue weighted by Gasteiger charge is 2.33. The highest BCUT2D eigenvalue weighted by Crippen LogP contribution is 2.25. The lowest BCUT2D eigenvalue weighted by molar-refractivity contribution is 0.0526. The molecule has 2 rings (SSSR count). The van der Waals surface area contributed by atoms with Crippen LogP contribution in [0.15, 0.2) is 47.5 Å². The normalized spacial score (nSPS) is 19.1. The molecule has 2 N–H and O–H groups in total. The Bertz CT molecular complexity index is 636. The number of anilines is 1. The predicted molar refractivity (Wildman–Crippen MR) is 102 cm³/mol. The maximum absolute atomic E-state index is 11.8. The molecular formula is C18H23N3O2S. The van der Waals surface area contributed by atoms with E-state index in [1.165, 1.54) is 0 Å². The quantitative estimate of drug-likeness (QED) is 0.799. The summed E-state index contributed by atoms with van der Waals surface area (Å²) in [4.78, 5) is 16.9. The number of hydrogen-bond donors (Lipinski definition) is 2. The van der Waals surface area contributed by atoms with Crippen LogP contribution in [0.25, 0.3) is 0 Å². The third-order valence-corrected chi connectivity index (χ3v) is 3.82. The Morgan fingerprint density at radius 1 is 1.29 bits per heavy atom. The fourth-order valence-electron chi connectivity index (χ4n) is 2.25. The monoisotopic (exact) mass is 345 g/mol. The molecule has 5 nitrogen and oxygen atoms in total. The fraction of sp³-hybridized carbons (Fsp3) is 0.389. The average molecular weight is 345 g/mol. The first-order chi connectivity index (χ1) is 11.3. The van der Waals surface area contributed by atoms with E-state index in [-0.39, 0.29) is 0 Å². The number of thiocarbonyl (C=S) groups is 1. The van der Waals surface area contributed by atoms with Gasteiger partial charge in [0.25, 0.3) is 0 Å². The highest BCUT2D eigenvalue weighted by atomic mass is 32.1. The second-order valence-corrected chi connectivity index (χ2v) is 6.97. The van der Waals surface area contributed by atoms with Crippen LogP contribution < -0.4 is 10.6 Å². The maximum atomic E-state index is 11.8. The molecular weight excluding hydrogens is 322 g/mol. The van der Waals surface area contributed by atoms with Gasteiger partial charge in [0.15, 0.2) is 0 Å². The summed E-state index contributed by atoms with van der Waals surface area (Å²) in [7, 11) is 0. The summed E-state index contributed by atoms with van der Waals surface area (Å²) in [6.45, 7) is 5.90. The Morgan fingerprint density at radius 3 is 2.58 bits per heavy atom. The van der Waals surface area contributed by atoms with Gasteiger partial charge in [0, 0.05) is 24.9 Å². The molecule has 1 unspecified atom stereocenters. The van der Waals surface area contributed by atoms with Crippen molar-refractivity contribution < 1.29 is 9.53 Å². The Kier molecular flexibility index (Phi) is 5.72. The van der Waals surface area contributed by atoms with Crippen LogP contribution in [-0.2, 0) is 4.74 Å². The van der Waals surface area contributed by atoms with Crippen molar-refractivity contribution in [2.45, 2.75) is 38.3 Å². The van der Waals surface area contributed by atoms with Gasteiger partial charge in [0.05, 0.1) is 0 Å². The zero-order chi connectivity index (χ0) is 17.6. The topological polar surface area (TPSA) is 62.7 Å². The van der Waals surface area contributed by atoms with Crippen molar-refractivity contribution in [2.24, 2.45) is 4.99 Å². The number of benzene rings is 1. The van der Waals surface area contributed by atoms with Crippen molar-refractivity contribution in [1.82, 2.24) is 5.32 Å². The molecule has 1 aromatic carbocycles. The molecule has 1 atom stereocenters. The Balaban J connectivity index is 1.94. The Morgan fingerprint density at radius 2 is 2.00 bits per heavy atom. The summed E-state index contributed by atoms with van der Waals surface area (Å²) in [6.07, 6.45) is 5.66. The molecule has 0 radical (unpaired) electrons. The summed E-state index contributed by atoms with van der Waals surface area (Å²) in [6, 6.07) is 9.72. The van der Waals surface area contributed by atoms with Crippen molar-refractivity contribution >= 4 is 35.2 Å². The molecule has 0 bridgehead atoms. The number of rotatable bonds is 5. The summed E-state index contributed by atoms with van der Waals surface area (Å²) >= 11 is 5.55. The van der Waals surface area contributed by atoms with E-state index in [2.05, 4.69) is 15.6 Å². The number of amides is 1. The lowest BCUT2D eigenvalue weighted by Gasteiger charge is -2.27. The van der Waals surface area contributed by atoms with Crippen LogP contribution in [0.5, 0.6) is 0 Å². The highest BCUT2D eigenvalue weighted by molar-refractivity contribution is 7.80. The minimum Gasteiger partial charge on any atom is -0.444 e. The van der Waals surface area contributed by atoms with E-state index in [9.17, 15) is 4.79 Å². The van der Waals surface area contributed by atoms with Crippen molar-refractivity contribution in [3.63, 3.8) is 0 Å². The summed E-state index contributed by atoms with van der Waals surface area (Å²) in [5.74, 6) is 0. The number of hydrogen-bond acceptors (Lipinski definition) is 4. The molecule has 0 saturated carbocycles. The summed E-state index contributed by atoms with van der Waals surface area (Å²) in [5, 5.41) is 5.98.